The lowest BCUT2D eigenvalue weighted by Gasteiger charge is -2.39. The molecule has 126 valence electrons. The second-order valence-corrected chi connectivity index (χ2v) is 6.51. The summed E-state index contributed by atoms with van der Waals surface area (Å²) in [5.74, 6) is 0.363. The molecule has 0 bridgehead atoms. The number of benzene rings is 1. The number of piperazine rings is 1. The highest BCUT2D eigenvalue weighted by atomic mass is 16.5. The molecule has 0 radical (unpaired) electrons. The van der Waals surface area contributed by atoms with E-state index in [2.05, 4.69) is 18.7 Å². The van der Waals surface area contributed by atoms with Crippen molar-refractivity contribution in [2.45, 2.75) is 33.4 Å². The topological polar surface area (TPSA) is 49.9 Å². The van der Waals surface area contributed by atoms with Gasteiger partial charge in [0.25, 0.3) is 0 Å². The Kier molecular flexibility index (Phi) is 5.77. The largest absolute Gasteiger partial charge is 0.465 e. The molecular weight excluding hydrogens is 292 g/mol. The van der Waals surface area contributed by atoms with E-state index in [1.165, 1.54) is 7.11 Å². The summed E-state index contributed by atoms with van der Waals surface area (Å²) < 4.78 is 4.70. The predicted octanol–water partition coefficient (Wildman–Crippen LogP) is 2.16. The number of hydrogen-bond donors (Lipinski definition) is 0. The van der Waals surface area contributed by atoms with Crippen molar-refractivity contribution in [1.29, 1.82) is 0 Å². The van der Waals surface area contributed by atoms with E-state index in [1.807, 2.05) is 24.0 Å². The predicted molar refractivity (Wildman–Crippen MR) is 89.1 cm³/mol. The number of methoxy groups -OCH3 is 1. The number of rotatable bonds is 5. The second-order valence-electron chi connectivity index (χ2n) is 6.51. The quantitative estimate of drug-likeness (QED) is 0.781. The van der Waals surface area contributed by atoms with E-state index < -0.39 is 0 Å². The molecule has 1 fully saturated rings. The maximum absolute atomic E-state index is 12.5. The van der Waals surface area contributed by atoms with Crippen molar-refractivity contribution in [3.8, 4) is 0 Å². The summed E-state index contributed by atoms with van der Waals surface area (Å²) in [6.45, 7) is 9.42. The average molecular weight is 318 g/mol. The summed E-state index contributed by atoms with van der Waals surface area (Å²) >= 11 is 0. The molecule has 0 aromatic heterocycles. The first-order chi connectivity index (χ1) is 10.9. The first-order valence-electron chi connectivity index (χ1n) is 8.12. The van der Waals surface area contributed by atoms with Crippen LogP contribution >= 0.6 is 0 Å². The first-order valence-corrected chi connectivity index (χ1v) is 8.12. The maximum Gasteiger partial charge on any atom is 0.337 e. The van der Waals surface area contributed by atoms with Crippen molar-refractivity contribution in [2.75, 3.05) is 26.7 Å². The van der Waals surface area contributed by atoms with E-state index in [0.29, 0.717) is 18.0 Å². The van der Waals surface area contributed by atoms with Gasteiger partial charge in [-0.05, 0) is 30.5 Å². The molecule has 1 heterocycles. The van der Waals surface area contributed by atoms with Crippen molar-refractivity contribution in [2.24, 2.45) is 5.92 Å². The Balaban J connectivity index is 1.98. The third-order valence-corrected chi connectivity index (χ3v) is 4.22. The fourth-order valence-electron chi connectivity index (χ4n) is 2.91. The van der Waals surface area contributed by atoms with E-state index in [9.17, 15) is 9.59 Å². The molecule has 1 aliphatic heterocycles. The standard InChI is InChI=1S/C18H26N2O3/c1-13(2)11-20-10-9-19(14(3)17(20)21)12-15-5-7-16(8-6-15)18(22)23-4/h5-8,13-14H,9-12H2,1-4H3/t14-/m1/s1. The summed E-state index contributed by atoms with van der Waals surface area (Å²) in [6, 6.07) is 7.27. The number of amides is 1. The molecule has 2 rings (SSSR count). The third kappa shape index (κ3) is 4.32. The Labute approximate surface area is 138 Å². The lowest BCUT2D eigenvalue weighted by molar-refractivity contribution is -0.141. The van der Waals surface area contributed by atoms with Gasteiger partial charge < -0.3 is 9.64 Å². The SMILES string of the molecule is COC(=O)c1ccc(CN2CCN(CC(C)C)C(=O)[C@H]2C)cc1. The number of carbonyl (C=O) groups excluding carboxylic acids is 2. The minimum atomic E-state index is -0.331. The summed E-state index contributed by atoms with van der Waals surface area (Å²) in [4.78, 5) is 28.1. The lowest BCUT2D eigenvalue weighted by atomic mass is 10.1. The Bertz CT molecular complexity index is 554. The smallest absolute Gasteiger partial charge is 0.337 e. The van der Waals surface area contributed by atoms with Crippen LogP contribution in [0, 0.1) is 5.92 Å². The summed E-state index contributed by atoms with van der Waals surface area (Å²) in [6.07, 6.45) is 0. The Morgan fingerprint density at radius 2 is 1.91 bits per heavy atom. The Morgan fingerprint density at radius 1 is 1.26 bits per heavy atom. The normalized spacial score (nSPS) is 19.3. The van der Waals surface area contributed by atoms with Gasteiger partial charge in [-0.3, -0.25) is 9.69 Å². The molecule has 23 heavy (non-hydrogen) atoms. The molecule has 0 N–H and O–H groups in total. The number of esters is 1. The summed E-state index contributed by atoms with van der Waals surface area (Å²) in [5, 5.41) is 0. The molecule has 1 saturated heterocycles. The van der Waals surface area contributed by atoms with Crippen molar-refractivity contribution in [3.05, 3.63) is 35.4 Å². The highest BCUT2D eigenvalue weighted by Gasteiger charge is 2.31. The van der Waals surface area contributed by atoms with Crippen LogP contribution in [-0.4, -0.2) is 54.5 Å². The molecular formula is C18H26N2O3. The molecule has 1 aromatic carbocycles. The third-order valence-electron chi connectivity index (χ3n) is 4.22. The highest BCUT2D eigenvalue weighted by Crippen LogP contribution is 2.17. The van der Waals surface area contributed by atoms with Gasteiger partial charge >= 0.3 is 5.97 Å². The van der Waals surface area contributed by atoms with Gasteiger partial charge in [0.1, 0.15) is 0 Å². The fourth-order valence-corrected chi connectivity index (χ4v) is 2.91. The number of nitrogens with zero attached hydrogens (tertiary/aromatic N) is 2. The van der Waals surface area contributed by atoms with Crippen molar-refractivity contribution < 1.29 is 14.3 Å². The minimum Gasteiger partial charge on any atom is -0.465 e. The molecule has 1 amide bonds. The average Bonchev–Trinajstić information content (AvgIpc) is 2.54. The molecule has 5 heteroatoms. The fraction of sp³-hybridized carbons (Fsp3) is 0.556. The molecule has 5 nitrogen and oxygen atoms in total. The van der Waals surface area contributed by atoms with E-state index in [-0.39, 0.29) is 17.9 Å². The van der Waals surface area contributed by atoms with Crippen LogP contribution in [-0.2, 0) is 16.1 Å². The second kappa shape index (κ2) is 7.59. The van der Waals surface area contributed by atoms with Gasteiger partial charge in [0, 0.05) is 26.2 Å². The van der Waals surface area contributed by atoms with Gasteiger partial charge in [0.05, 0.1) is 18.7 Å². The van der Waals surface area contributed by atoms with Gasteiger partial charge in [-0.2, -0.15) is 0 Å². The van der Waals surface area contributed by atoms with E-state index in [4.69, 9.17) is 4.74 Å². The number of hydrogen-bond acceptors (Lipinski definition) is 4. The maximum atomic E-state index is 12.5. The highest BCUT2D eigenvalue weighted by molar-refractivity contribution is 5.89. The van der Waals surface area contributed by atoms with Gasteiger partial charge in [-0.1, -0.05) is 26.0 Å². The number of ether oxygens (including phenoxy) is 1. The van der Waals surface area contributed by atoms with E-state index >= 15 is 0 Å². The first kappa shape index (κ1) is 17.5. The van der Waals surface area contributed by atoms with E-state index in [0.717, 1.165) is 25.2 Å². The van der Waals surface area contributed by atoms with Crippen LogP contribution in [0.2, 0.25) is 0 Å². The monoisotopic (exact) mass is 318 g/mol. The van der Waals surface area contributed by atoms with Crippen LogP contribution in [0.25, 0.3) is 0 Å². The summed E-state index contributed by atoms with van der Waals surface area (Å²) in [5.41, 5.74) is 1.64. The minimum absolute atomic E-state index is 0.109. The molecule has 0 unspecified atom stereocenters. The number of carbonyl (C=O) groups is 2. The molecule has 1 aromatic rings. The van der Waals surface area contributed by atoms with Crippen LogP contribution in [0.1, 0.15) is 36.7 Å². The van der Waals surface area contributed by atoms with Gasteiger partial charge in [-0.15, -0.1) is 0 Å². The van der Waals surface area contributed by atoms with Gasteiger partial charge in [0.2, 0.25) is 5.91 Å². The van der Waals surface area contributed by atoms with E-state index in [1.54, 1.807) is 12.1 Å². The molecule has 0 saturated carbocycles. The zero-order chi connectivity index (χ0) is 17.0. The zero-order valence-corrected chi connectivity index (χ0v) is 14.4. The van der Waals surface area contributed by atoms with Crippen LogP contribution in [0.5, 0.6) is 0 Å². The van der Waals surface area contributed by atoms with Crippen LogP contribution in [0.3, 0.4) is 0 Å². The van der Waals surface area contributed by atoms with Gasteiger partial charge in [-0.25, -0.2) is 4.79 Å². The van der Waals surface area contributed by atoms with Crippen molar-refractivity contribution in [3.63, 3.8) is 0 Å². The zero-order valence-electron chi connectivity index (χ0n) is 14.4. The van der Waals surface area contributed by atoms with Crippen LogP contribution in [0.15, 0.2) is 24.3 Å². The Hall–Kier alpha value is -1.88. The summed E-state index contributed by atoms with van der Waals surface area (Å²) in [7, 11) is 1.38. The lowest BCUT2D eigenvalue weighted by Crippen LogP contribution is -2.56. The van der Waals surface area contributed by atoms with Crippen molar-refractivity contribution >= 4 is 11.9 Å². The molecule has 0 spiro atoms. The van der Waals surface area contributed by atoms with Crippen LogP contribution in [0.4, 0.5) is 0 Å². The molecule has 0 aliphatic carbocycles. The molecule has 1 atom stereocenters. The van der Waals surface area contributed by atoms with Gasteiger partial charge in [0.15, 0.2) is 0 Å². The van der Waals surface area contributed by atoms with Crippen LogP contribution < -0.4 is 0 Å². The Morgan fingerprint density at radius 3 is 2.48 bits per heavy atom. The molecule has 1 aliphatic rings. The van der Waals surface area contributed by atoms with Crippen molar-refractivity contribution in [1.82, 2.24) is 9.80 Å².